The van der Waals surface area contributed by atoms with E-state index in [4.69, 9.17) is 0 Å². The molecule has 7 nitrogen and oxygen atoms in total. The molecule has 2 unspecified atom stereocenters. The maximum Gasteiger partial charge on any atom is 0.247 e. The molecule has 2 atom stereocenters. The van der Waals surface area contributed by atoms with Crippen LogP contribution in [-0.4, -0.2) is 29.2 Å². The van der Waals surface area contributed by atoms with Crippen molar-refractivity contribution in [3.05, 3.63) is 35.9 Å². The quantitative estimate of drug-likeness (QED) is 0.804. The van der Waals surface area contributed by atoms with Crippen molar-refractivity contribution in [2.45, 2.75) is 38.6 Å². The molecule has 1 N–H and O–H groups in total. The molecular formula is C21H22N4O3. The number of nitrogens with one attached hydrogen (secondary N) is 1. The molecule has 1 aromatic rings. The zero-order chi connectivity index (χ0) is 20.1. The molecular weight excluding hydrogens is 356 g/mol. The average molecular weight is 378 g/mol. The number of amides is 3. The van der Waals surface area contributed by atoms with Crippen LogP contribution < -0.4 is 5.32 Å². The topological polar surface area (TPSA) is 114 Å². The summed E-state index contributed by atoms with van der Waals surface area (Å²) in [5, 5.41) is 22.0. The Kier molecular flexibility index (Phi) is 5.75. The summed E-state index contributed by atoms with van der Waals surface area (Å²) in [6.07, 6.45) is 3.55. The molecule has 2 aliphatic rings. The summed E-state index contributed by atoms with van der Waals surface area (Å²) in [7, 11) is 0. The molecule has 1 aliphatic carbocycles. The number of nitrogens with zero attached hydrogens (tertiary/aromatic N) is 3. The summed E-state index contributed by atoms with van der Waals surface area (Å²) in [5.74, 6) is -3.96. The maximum atomic E-state index is 12.9. The molecule has 1 heterocycles. The monoisotopic (exact) mass is 378 g/mol. The van der Waals surface area contributed by atoms with Crippen LogP contribution in [-0.2, 0) is 20.9 Å². The predicted octanol–water partition coefficient (Wildman–Crippen LogP) is 1.90. The first-order chi connectivity index (χ1) is 13.5. The standard InChI is InChI=1S/C21H22N4O3/c22-11-16-19(27)25(14-18(26)24-13-15-7-3-1-4-8-15)20(28)17(12-23)21(16)9-5-2-6-10-21/h1,3-4,7-8,16-17H,2,5-6,9-10,13-14H2,(H,24,26). The lowest BCUT2D eigenvalue weighted by atomic mass is 9.57. The van der Waals surface area contributed by atoms with Gasteiger partial charge in [0.15, 0.2) is 0 Å². The lowest BCUT2D eigenvalue weighted by molar-refractivity contribution is -0.165. The van der Waals surface area contributed by atoms with Crippen LogP contribution in [0.3, 0.4) is 0 Å². The van der Waals surface area contributed by atoms with Crippen molar-refractivity contribution in [1.29, 1.82) is 10.5 Å². The smallest absolute Gasteiger partial charge is 0.247 e. The van der Waals surface area contributed by atoms with Crippen molar-refractivity contribution in [2.75, 3.05) is 6.54 Å². The molecule has 1 aliphatic heterocycles. The Bertz CT molecular complexity index is 811. The number of nitriles is 2. The van der Waals surface area contributed by atoms with Gasteiger partial charge >= 0.3 is 0 Å². The van der Waals surface area contributed by atoms with Crippen molar-refractivity contribution in [3.63, 3.8) is 0 Å². The number of piperidine rings is 1. The van der Waals surface area contributed by atoms with Gasteiger partial charge in [0.2, 0.25) is 17.7 Å². The van der Waals surface area contributed by atoms with Crippen LogP contribution in [0.4, 0.5) is 0 Å². The van der Waals surface area contributed by atoms with Gasteiger partial charge in [0.1, 0.15) is 18.4 Å². The number of carbonyl (C=O) groups is 3. The van der Waals surface area contributed by atoms with Crippen molar-refractivity contribution < 1.29 is 14.4 Å². The Hall–Kier alpha value is -3.19. The van der Waals surface area contributed by atoms with E-state index in [1.54, 1.807) is 0 Å². The Morgan fingerprint density at radius 2 is 1.61 bits per heavy atom. The minimum atomic E-state index is -1.07. The van der Waals surface area contributed by atoms with E-state index in [1.807, 2.05) is 42.5 Å². The highest BCUT2D eigenvalue weighted by Gasteiger charge is 2.59. The molecule has 3 rings (SSSR count). The largest absolute Gasteiger partial charge is 0.350 e. The summed E-state index contributed by atoms with van der Waals surface area (Å²) in [6.45, 7) is -0.208. The minimum absolute atomic E-state index is 0.267. The van der Waals surface area contributed by atoms with E-state index in [-0.39, 0.29) is 6.54 Å². The third-order valence-corrected chi connectivity index (χ3v) is 5.85. The highest BCUT2D eigenvalue weighted by atomic mass is 16.2. The molecule has 1 aromatic carbocycles. The van der Waals surface area contributed by atoms with Crippen molar-refractivity contribution in [1.82, 2.24) is 10.2 Å². The Labute approximate surface area is 163 Å². The number of hydrogen-bond acceptors (Lipinski definition) is 5. The van der Waals surface area contributed by atoms with Gasteiger partial charge in [-0.05, 0) is 18.4 Å². The zero-order valence-electron chi connectivity index (χ0n) is 15.6. The van der Waals surface area contributed by atoms with Gasteiger partial charge in [0, 0.05) is 12.0 Å². The molecule has 1 spiro atoms. The van der Waals surface area contributed by atoms with E-state index in [2.05, 4.69) is 5.32 Å². The van der Waals surface area contributed by atoms with Gasteiger partial charge in [0.05, 0.1) is 12.1 Å². The molecule has 144 valence electrons. The van der Waals surface area contributed by atoms with E-state index < -0.39 is 41.5 Å². The molecule has 1 saturated heterocycles. The fourth-order valence-electron chi connectivity index (χ4n) is 4.39. The van der Waals surface area contributed by atoms with Crippen LogP contribution in [0, 0.1) is 39.9 Å². The van der Waals surface area contributed by atoms with Crippen LogP contribution in [0.25, 0.3) is 0 Å². The molecule has 1 saturated carbocycles. The molecule has 2 fully saturated rings. The second-order valence-electron chi connectivity index (χ2n) is 7.44. The fraction of sp³-hybridized carbons (Fsp3) is 0.476. The Morgan fingerprint density at radius 3 is 2.14 bits per heavy atom. The maximum absolute atomic E-state index is 12.9. The zero-order valence-corrected chi connectivity index (χ0v) is 15.6. The molecule has 3 amide bonds. The summed E-state index contributed by atoms with van der Waals surface area (Å²) < 4.78 is 0. The number of benzene rings is 1. The highest BCUT2D eigenvalue weighted by molar-refractivity contribution is 6.05. The van der Waals surface area contributed by atoms with Crippen LogP contribution in [0.15, 0.2) is 30.3 Å². The van der Waals surface area contributed by atoms with Crippen LogP contribution >= 0.6 is 0 Å². The second-order valence-corrected chi connectivity index (χ2v) is 7.44. The fourth-order valence-corrected chi connectivity index (χ4v) is 4.39. The van der Waals surface area contributed by atoms with E-state index in [9.17, 15) is 24.9 Å². The Morgan fingerprint density at radius 1 is 1.04 bits per heavy atom. The van der Waals surface area contributed by atoms with Crippen molar-refractivity contribution in [3.8, 4) is 12.1 Å². The van der Waals surface area contributed by atoms with E-state index in [0.29, 0.717) is 12.8 Å². The molecule has 0 radical (unpaired) electrons. The Balaban J connectivity index is 1.76. The summed E-state index contributed by atoms with van der Waals surface area (Å²) in [4.78, 5) is 38.9. The predicted molar refractivity (Wildman–Crippen MR) is 98.7 cm³/mol. The van der Waals surface area contributed by atoms with Gasteiger partial charge in [-0.25, -0.2) is 0 Å². The number of likely N-dealkylation sites (tertiary alicyclic amines) is 1. The number of hydrogen-bond donors (Lipinski definition) is 1. The first kappa shape index (κ1) is 19.6. The SMILES string of the molecule is N#CC1C(=O)N(CC(=O)NCc2ccccc2)C(=O)C(C#N)C12CCCCC2. The van der Waals surface area contributed by atoms with Gasteiger partial charge in [0.25, 0.3) is 0 Å². The first-order valence-corrected chi connectivity index (χ1v) is 9.48. The molecule has 28 heavy (non-hydrogen) atoms. The number of carbonyl (C=O) groups excluding carboxylic acids is 3. The average Bonchev–Trinajstić information content (AvgIpc) is 2.72. The van der Waals surface area contributed by atoms with Gasteiger partial charge in [-0.3, -0.25) is 19.3 Å². The third-order valence-electron chi connectivity index (χ3n) is 5.85. The normalized spacial score (nSPS) is 23.7. The van der Waals surface area contributed by atoms with E-state index in [1.165, 1.54) is 0 Å². The van der Waals surface area contributed by atoms with Gasteiger partial charge < -0.3 is 5.32 Å². The summed E-state index contributed by atoms with van der Waals surface area (Å²) in [5.41, 5.74) is -0.0365. The van der Waals surface area contributed by atoms with Crippen LogP contribution in [0.5, 0.6) is 0 Å². The molecule has 7 heteroatoms. The van der Waals surface area contributed by atoms with Gasteiger partial charge in [-0.2, -0.15) is 10.5 Å². The van der Waals surface area contributed by atoms with Crippen LogP contribution in [0.1, 0.15) is 37.7 Å². The lowest BCUT2D eigenvalue weighted by Crippen LogP contribution is -2.61. The number of rotatable bonds is 4. The highest BCUT2D eigenvalue weighted by Crippen LogP contribution is 2.51. The van der Waals surface area contributed by atoms with Crippen molar-refractivity contribution in [2.24, 2.45) is 17.3 Å². The van der Waals surface area contributed by atoms with Gasteiger partial charge in [-0.15, -0.1) is 0 Å². The molecule has 0 bridgehead atoms. The lowest BCUT2D eigenvalue weighted by Gasteiger charge is -2.47. The summed E-state index contributed by atoms with van der Waals surface area (Å²) in [6, 6.07) is 13.3. The van der Waals surface area contributed by atoms with E-state index in [0.717, 1.165) is 29.7 Å². The number of imide groups is 1. The first-order valence-electron chi connectivity index (χ1n) is 9.48. The second kappa shape index (κ2) is 8.22. The van der Waals surface area contributed by atoms with Crippen molar-refractivity contribution >= 4 is 17.7 Å². The summed E-state index contributed by atoms with van der Waals surface area (Å²) >= 11 is 0. The minimum Gasteiger partial charge on any atom is -0.350 e. The van der Waals surface area contributed by atoms with Gasteiger partial charge in [-0.1, -0.05) is 49.6 Å². The third kappa shape index (κ3) is 3.48. The van der Waals surface area contributed by atoms with Crippen LogP contribution in [0.2, 0.25) is 0 Å². The molecule has 0 aromatic heterocycles. The van der Waals surface area contributed by atoms with E-state index >= 15 is 0 Å².